The largest absolute Gasteiger partial charge is 0.465 e. The van der Waals surface area contributed by atoms with Gasteiger partial charge in [0, 0.05) is 29.6 Å². The van der Waals surface area contributed by atoms with E-state index in [4.69, 9.17) is 11.6 Å². The van der Waals surface area contributed by atoms with Crippen molar-refractivity contribution >= 4 is 29.2 Å². The average Bonchev–Trinajstić information content (AvgIpc) is 2.58. The molecular weight excluding hydrogens is 335 g/mol. The predicted molar refractivity (Wildman–Crippen MR) is 86.5 cm³/mol. The Balaban J connectivity index is 2.03. The molecule has 0 radical (unpaired) electrons. The Morgan fingerprint density at radius 1 is 1.42 bits per heavy atom. The van der Waals surface area contributed by atoms with E-state index in [2.05, 4.69) is 9.72 Å². The molecule has 0 N–H and O–H groups in total. The molecule has 2 aromatic rings. The Morgan fingerprint density at radius 3 is 2.92 bits per heavy atom. The Hall–Kier alpha value is -2.47. The molecule has 24 heavy (non-hydrogen) atoms. The lowest BCUT2D eigenvalue weighted by Gasteiger charge is -2.29. The molecule has 0 saturated carbocycles. The number of carbonyl (C=O) groups is 2. The summed E-state index contributed by atoms with van der Waals surface area (Å²) in [6, 6.07) is 5.90. The van der Waals surface area contributed by atoms with Crippen LogP contribution < -0.4 is 4.90 Å². The third kappa shape index (κ3) is 2.97. The number of carbonyl (C=O) groups excluding carboxylic acids is 2. The first-order valence-corrected chi connectivity index (χ1v) is 7.69. The highest BCUT2D eigenvalue weighted by atomic mass is 35.5. The number of rotatable bonds is 3. The first kappa shape index (κ1) is 16.4. The standard InChI is InChI=1S/C17H14ClFN2O3/c1-24-17(23)10-7-15-14(20-8-10)5-6-16(22)21(15)9-11-12(18)3-2-4-13(11)19/h2-4,7-8H,5-6,9H2,1H3. The molecule has 2 heterocycles. The van der Waals surface area contributed by atoms with Crippen molar-refractivity contribution in [3.63, 3.8) is 0 Å². The van der Waals surface area contributed by atoms with Crippen LogP contribution in [0.25, 0.3) is 0 Å². The summed E-state index contributed by atoms with van der Waals surface area (Å²) in [5.74, 6) is -1.21. The summed E-state index contributed by atoms with van der Waals surface area (Å²) in [4.78, 5) is 29.7. The van der Waals surface area contributed by atoms with E-state index in [1.807, 2.05) is 0 Å². The number of amides is 1. The summed E-state index contributed by atoms with van der Waals surface area (Å²) in [5.41, 5.74) is 1.61. The van der Waals surface area contributed by atoms with Crippen LogP contribution in [0, 0.1) is 5.82 Å². The van der Waals surface area contributed by atoms with Crippen LogP contribution in [0.1, 0.15) is 28.0 Å². The van der Waals surface area contributed by atoms with Gasteiger partial charge in [0.1, 0.15) is 5.82 Å². The Kier molecular flexibility index (Phi) is 4.49. The minimum Gasteiger partial charge on any atom is -0.465 e. The van der Waals surface area contributed by atoms with Crippen molar-refractivity contribution in [1.29, 1.82) is 0 Å². The van der Waals surface area contributed by atoms with Gasteiger partial charge in [0.15, 0.2) is 0 Å². The number of ether oxygens (including phenoxy) is 1. The maximum atomic E-state index is 14.1. The Morgan fingerprint density at radius 2 is 2.21 bits per heavy atom. The van der Waals surface area contributed by atoms with Crippen molar-refractivity contribution in [1.82, 2.24) is 4.98 Å². The number of halogens is 2. The quantitative estimate of drug-likeness (QED) is 0.799. The van der Waals surface area contributed by atoms with Crippen molar-refractivity contribution in [3.8, 4) is 0 Å². The van der Waals surface area contributed by atoms with Gasteiger partial charge in [-0.3, -0.25) is 9.78 Å². The first-order valence-electron chi connectivity index (χ1n) is 7.31. The van der Waals surface area contributed by atoms with Gasteiger partial charge in [0.25, 0.3) is 0 Å². The van der Waals surface area contributed by atoms with Crippen LogP contribution >= 0.6 is 11.6 Å². The molecule has 1 aromatic carbocycles. The van der Waals surface area contributed by atoms with E-state index in [0.717, 1.165) is 0 Å². The van der Waals surface area contributed by atoms with E-state index in [0.29, 0.717) is 17.8 Å². The number of hydrogen-bond acceptors (Lipinski definition) is 4. The number of pyridine rings is 1. The van der Waals surface area contributed by atoms with E-state index < -0.39 is 11.8 Å². The van der Waals surface area contributed by atoms with Crippen LogP contribution in [0.2, 0.25) is 5.02 Å². The van der Waals surface area contributed by atoms with Crippen LogP contribution in [0.5, 0.6) is 0 Å². The SMILES string of the molecule is COC(=O)c1cnc2c(c1)N(Cc1c(F)cccc1Cl)C(=O)CC2. The van der Waals surface area contributed by atoms with Crippen molar-refractivity contribution in [3.05, 3.63) is 58.1 Å². The number of aromatic nitrogens is 1. The summed E-state index contributed by atoms with van der Waals surface area (Å²) >= 11 is 6.06. The topological polar surface area (TPSA) is 59.5 Å². The van der Waals surface area contributed by atoms with E-state index in [1.54, 1.807) is 12.1 Å². The molecule has 5 nitrogen and oxygen atoms in total. The normalized spacial score (nSPS) is 13.6. The zero-order chi connectivity index (χ0) is 17.3. The van der Waals surface area contributed by atoms with Gasteiger partial charge in [-0.25, -0.2) is 9.18 Å². The van der Waals surface area contributed by atoms with Crippen molar-refractivity contribution in [2.24, 2.45) is 0 Å². The van der Waals surface area contributed by atoms with Crippen molar-refractivity contribution in [2.45, 2.75) is 19.4 Å². The lowest BCUT2D eigenvalue weighted by molar-refractivity contribution is -0.119. The molecule has 0 spiro atoms. The molecule has 1 aliphatic heterocycles. The second-order valence-electron chi connectivity index (χ2n) is 5.36. The minimum atomic E-state index is -0.549. The van der Waals surface area contributed by atoms with Crippen LogP contribution in [0.15, 0.2) is 30.5 Å². The first-order chi connectivity index (χ1) is 11.5. The van der Waals surface area contributed by atoms with Gasteiger partial charge in [-0.2, -0.15) is 0 Å². The van der Waals surface area contributed by atoms with Gasteiger partial charge in [0.2, 0.25) is 5.91 Å². The third-order valence-electron chi connectivity index (χ3n) is 3.91. The molecule has 0 fully saturated rings. The molecule has 0 saturated heterocycles. The maximum Gasteiger partial charge on any atom is 0.339 e. The maximum absolute atomic E-state index is 14.1. The average molecular weight is 349 g/mol. The number of fused-ring (bicyclic) bond motifs is 1. The summed E-state index contributed by atoms with van der Waals surface area (Å²) in [6.45, 7) is -0.0242. The summed E-state index contributed by atoms with van der Waals surface area (Å²) in [6.07, 6.45) is 2.15. The van der Waals surface area contributed by atoms with E-state index >= 15 is 0 Å². The zero-order valence-electron chi connectivity index (χ0n) is 12.9. The van der Waals surface area contributed by atoms with Crippen LogP contribution in [0.3, 0.4) is 0 Å². The van der Waals surface area contributed by atoms with Crippen LogP contribution in [-0.4, -0.2) is 24.0 Å². The molecule has 124 valence electrons. The van der Waals surface area contributed by atoms with Gasteiger partial charge in [-0.15, -0.1) is 0 Å². The number of benzene rings is 1. The highest BCUT2D eigenvalue weighted by molar-refractivity contribution is 6.31. The Bertz CT molecular complexity index is 805. The summed E-state index contributed by atoms with van der Waals surface area (Å²) in [7, 11) is 1.27. The van der Waals surface area contributed by atoms with Crippen LogP contribution in [0.4, 0.5) is 10.1 Å². The fourth-order valence-electron chi connectivity index (χ4n) is 2.65. The number of nitrogens with zero attached hydrogens (tertiary/aromatic N) is 2. The molecule has 1 aliphatic rings. The van der Waals surface area contributed by atoms with Gasteiger partial charge in [0.05, 0.1) is 30.6 Å². The molecule has 0 unspecified atom stereocenters. The minimum absolute atomic E-state index is 0.0242. The monoisotopic (exact) mass is 348 g/mol. The smallest absolute Gasteiger partial charge is 0.339 e. The molecular formula is C17H14ClFN2O3. The lowest BCUT2D eigenvalue weighted by Crippen LogP contribution is -2.35. The molecule has 0 bridgehead atoms. The fraction of sp³-hybridized carbons (Fsp3) is 0.235. The molecule has 1 aromatic heterocycles. The van der Waals surface area contributed by atoms with Gasteiger partial charge < -0.3 is 9.64 Å². The second kappa shape index (κ2) is 6.57. The molecule has 1 amide bonds. The highest BCUT2D eigenvalue weighted by Gasteiger charge is 2.28. The third-order valence-corrected chi connectivity index (χ3v) is 4.27. The van der Waals surface area contributed by atoms with E-state index in [1.165, 1.54) is 30.3 Å². The molecule has 3 rings (SSSR count). The molecule has 0 atom stereocenters. The lowest BCUT2D eigenvalue weighted by atomic mass is 10.0. The summed E-state index contributed by atoms with van der Waals surface area (Å²) in [5, 5.41) is 0.243. The van der Waals surface area contributed by atoms with E-state index in [-0.39, 0.29) is 35.0 Å². The van der Waals surface area contributed by atoms with Gasteiger partial charge in [-0.05, 0) is 18.2 Å². The number of esters is 1. The summed E-state index contributed by atoms with van der Waals surface area (Å²) < 4.78 is 18.7. The number of aryl methyl sites for hydroxylation is 1. The highest BCUT2D eigenvalue weighted by Crippen LogP contribution is 2.31. The zero-order valence-corrected chi connectivity index (χ0v) is 13.6. The van der Waals surface area contributed by atoms with Crippen LogP contribution in [-0.2, 0) is 22.5 Å². The van der Waals surface area contributed by atoms with Crippen molar-refractivity contribution < 1.29 is 18.7 Å². The molecule has 7 heteroatoms. The van der Waals surface area contributed by atoms with E-state index in [9.17, 15) is 14.0 Å². The Labute approximate surface area is 143 Å². The number of hydrogen-bond donors (Lipinski definition) is 0. The van der Waals surface area contributed by atoms with Gasteiger partial charge >= 0.3 is 5.97 Å². The molecule has 0 aliphatic carbocycles. The number of methoxy groups -OCH3 is 1. The fourth-order valence-corrected chi connectivity index (χ4v) is 2.87. The number of anilines is 1. The predicted octanol–water partition coefficient (Wildman–Crippen LogP) is 3.14. The second-order valence-corrected chi connectivity index (χ2v) is 5.77. The van der Waals surface area contributed by atoms with Crippen molar-refractivity contribution in [2.75, 3.05) is 12.0 Å². The van der Waals surface area contributed by atoms with Gasteiger partial charge in [-0.1, -0.05) is 17.7 Å².